The fourth-order valence-electron chi connectivity index (χ4n) is 1.39. The molecule has 0 saturated heterocycles. The summed E-state index contributed by atoms with van der Waals surface area (Å²) in [6.45, 7) is 3.78. The maximum Gasteiger partial charge on any atom is 0.251 e. The molecule has 4 nitrogen and oxygen atoms in total. The average molecular weight is 301 g/mol. The van der Waals surface area contributed by atoms with Gasteiger partial charge in [0, 0.05) is 27.9 Å². The molecular formula is C12H17BrN2O2. The Morgan fingerprint density at radius 2 is 2.18 bits per heavy atom. The SMILES string of the molecule is CC(C)(CCO)NC(=O)c1ccc(N)c(Br)c1. The molecule has 0 heterocycles. The van der Waals surface area contributed by atoms with E-state index in [1.165, 1.54) is 0 Å². The highest BCUT2D eigenvalue weighted by molar-refractivity contribution is 9.10. The Labute approximate surface area is 109 Å². The standard InChI is InChI=1S/C12H17BrN2O2/c1-12(2,5-6-16)15-11(17)8-3-4-10(14)9(13)7-8/h3-4,7,16H,5-6,14H2,1-2H3,(H,15,17). The van der Waals surface area contributed by atoms with Crippen LogP contribution in [0.5, 0.6) is 0 Å². The van der Waals surface area contributed by atoms with Gasteiger partial charge in [0.25, 0.3) is 5.91 Å². The van der Waals surface area contributed by atoms with Crippen molar-refractivity contribution in [2.24, 2.45) is 0 Å². The molecule has 17 heavy (non-hydrogen) atoms. The zero-order valence-electron chi connectivity index (χ0n) is 9.96. The van der Waals surface area contributed by atoms with Gasteiger partial charge in [-0.25, -0.2) is 0 Å². The van der Waals surface area contributed by atoms with Crippen LogP contribution in [0.1, 0.15) is 30.6 Å². The van der Waals surface area contributed by atoms with Crippen molar-refractivity contribution in [3.63, 3.8) is 0 Å². The first-order valence-electron chi connectivity index (χ1n) is 5.34. The minimum absolute atomic E-state index is 0.0404. The van der Waals surface area contributed by atoms with Gasteiger partial charge in [-0.1, -0.05) is 0 Å². The summed E-state index contributed by atoms with van der Waals surface area (Å²) in [6, 6.07) is 5.03. The van der Waals surface area contributed by atoms with E-state index in [1.807, 2.05) is 13.8 Å². The van der Waals surface area contributed by atoms with Gasteiger partial charge >= 0.3 is 0 Å². The van der Waals surface area contributed by atoms with E-state index in [4.69, 9.17) is 10.8 Å². The van der Waals surface area contributed by atoms with E-state index < -0.39 is 5.54 Å². The first-order chi connectivity index (χ1) is 7.85. The van der Waals surface area contributed by atoms with E-state index in [1.54, 1.807) is 18.2 Å². The van der Waals surface area contributed by atoms with Crippen molar-refractivity contribution in [3.8, 4) is 0 Å². The predicted molar refractivity (Wildman–Crippen MR) is 71.8 cm³/mol. The fourth-order valence-corrected chi connectivity index (χ4v) is 1.77. The van der Waals surface area contributed by atoms with Gasteiger partial charge in [-0.2, -0.15) is 0 Å². The second kappa shape index (κ2) is 5.51. The minimum Gasteiger partial charge on any atom is -0.398 e. The second-order valence-corrected chi connectivity index (χ2v) is 5.40. The second-order valence-electron chi connectivity index (χ2n) is 4.55. The molecule has 0 aliphatic heterocycles. The summed E-state index contributed by atoms with van der Waals surface area (Å²) >= 11 is 3.28. The molecule has 0 radical (unpaired) electrons. The summed E-state index contributed by atoms with van der Waals surface area (Å²) in [5.41, 5.74) is 6.35. The summed E-state index contributed by atoms with van der Waals surface area (Å²) in [7, 11) is 0. The lowest BCUT2D eigenvalue weighted by Crippen LogP contribution is -2.44. The molecular weight excluding hydrogens is 284 g/mol. The Balaban J connectivity index is 2.80. The van der Waals surface area contributed by atoms with E-state index in [2.05, 4.69) is 21.2 Å². The smallest absolute Gasteiger partial charge is 0.251 e. The highest BCUT2D eigenvalue weighted by Crippen LogP contribution is 2.21. The number of anilines is 1. The molecule has 5 heteroatoms. The molecule has 1 amide bonds. The van der Waals surface area contributed by atoms with E-state index in [0.29, 0.717) is 22.1 Å². The lowest BCUT2D eigenvalue weighted by atomic mass is 10.0. The van der Waals surface area contributed by atoms with Crippen molar-refractivity contribution in [1.82, 2.24) is 5.32 Å². The number of nitrogens with one attached hydrogen (secondary N) is 1. The molecule has 94 valence electrons. The Morgan fingerprint density at radius 3 is 2.71 bits per heavy atom. The number of aliphatic hydroxyl groups excluding tert-OH is 1. The van der Waals surface area contributed by atoms with E-state index in [9.17, 15) is 4.79 Å². The molecule has 0 fully saturated rings. The van der Waals surface area contributed by atoms with Gasteiger partial charge in [0.15, 0.2) is 0 Å². The van der Waals surface area contributed by atoms with E-state index >= 15 is 0 Å². The topological polar surface area (TPSA) is 75.3 Å². The molecule has 0 spiro atoms. The Hall–Kier alpha value is -1.07. The van der Waals surface area contributed by atoms with Crippen molar-refractivity contribution < 1.29 is 9.90 Å². The first-order valence-corrected chi connectivity index (χ1v) is 6.13. The molecule has 1 aromatic rings. The third kappa shape index (κ3) is 4.02. The summed E-state index contributed by atoms with van der Waals surface area (Å²) in [6.07, 6.45) is 0.509. The van der Waals surface area contributed by atoms with Crippen LogP contribution in [-0.4, -0.2) is 23.2 Å². The highest BCUT2D eigenvalue weighted by Gasteiger charge is 2.20. The van der Waals surface area contributed by atoms with E-state index in [0.717, 1.165) is 0 Å². The molecule has 4 N–H and O–H groups in total. The number of hydrogen-bond acceptors (Lipinski definition) is 3. The average Bonchev–Trinajstić information content (AvgIpc) is 2.21. The molecule has 0 unspecified atom stereocenters. The summed E-state index contributed by atoms with van der Waals surface area (Å²) in [4.78, 5) is 11.9. The normalized spacial score (nSPS) is 11.3. The zero-order valence-corrected chi connectivity index (χ0v) is 11.5. The van der Waals surface area contributed by atoms with E-state index in [-0.39, 0.29) is 12.5 Å². The van der Waals surface area contributed by atoms with Crippen LogP contribution in [0.4, 0.5) is 5.69 Å². The number of aliphatic hydroxyl groups is 1. The molecule has 1 rings (SSSR count). The number of carbonyl (C=O) groups is 1. The number of rotatable bonds is 4. The zero-order chi connectivity index (χ0) is 13.1. The number of amides is 1. The van der Waals surface area contributed by atoms with Gasteiger partial charge in [0.1, 0.15) is 0 Å². The third-order valence-electron chi connectivity index (χ3n) is 2.45. The van der Waals surface area contributed by atoms with Crippen LogP contribution in [0.2, 0.25) is 0 Å². The van der Waals surface area contributed by atoms with Gasteiger partial charge in [-0.3, -0.25) is 4.79 Å². The van der Waals surface area contributed by atoms with Crippen LogP contribution in [0.3, 0.4) is 0 Å². The van der Waals surface area contributed by atoms with Crippen LogP contribution >= 0.6 is 15.9 Å². The van der Waals surface area contributed by atoms with Gasteiger partial charge in [-0.15, -0.1) is 0 Å². The van der Waals surface area contributed by atoms with Crippen LogP contribution < -0.4 is 11.1 Å². The maximum absolute atomic E-state index is 11.9. The summed E-state index contributed by atoms with van der Waals surface area (Å²) < 4.78 is 0.699. The Bertz CT molecular complexity index is 419. The molecule has 0 aliphatic rings. The minimum atomic E-state index is -0.431. The van der Waals surface area contributed by atoms with Gasteiger partial charge in [0.2, 0.25) is 0 Å². The number of halogens is 1. The quantitative estimate of drug-likeness (QED) is 0.744. The lowest BCUT2D eigenvalue weighted by Gasteiger charge is -2.25. The van der Waals surface area contributed by atoms with Crippen LogP contribution in [-0.2, 0) is 0 Å². The monoisotopic (exact) mass is 300 g/mol. The lowest BCUT2D eigenvalue weighted by molar-refractivity contribution is 0.0899. The molecule has 0 atom stereocenters. The number of benzene rings is 1. The molecule has 1 aromatic carbocycles. The number of nitrogen functional groups attached to an aromatic ring is 1. The molecule has 0 aromatic heterocycles. The number of hydrogen-bond donors (Lipinski definition) is 3. The number of carbonyl (C=O) groups excluding carboxylic acids is 1. The predicted octanol–water partition coefficient (Wildman–Crippen LogP) is 1.92. The Morgan fingerprint density at radius 1 is 1.53 bits per heavy atom. The van der Waals surface area contributed by atoms with Crippen molar-refractivity contribution in [2.45, 2.75) is 25.8 Å². The van der Waals surface area contributed by atoms with Crippen molar-refractivity contribution >= 4 is 27.5 Å². The largest absolute Gasteiger partial charge is 0.398 e. The van der Waals surface area contributed by atoms with Crippen LogP contribution in [0, 0.1) is 0 Å². The first kappa shape index (κ1) is 14.0. The third-order valence-corrected chi connectivity index (χ3v) is 3.14. The van der Waals surface area contributed by atoms with Crippen molar-refractivity contribution in [3.05, 3.63) is 28.2 Å². The van der Waals surface area contributed by atoms with Gasteiger partial charge in [0.05, 0.1) is 0 Å². The molecule has 0 saturated carbocycles. The number of nitrogens with two attached hydrogens (primary N) is 1. The van der Waals surface area contributed by atoms with Crippen LogP contribution in [0.15, 0.2) is 22.7 Å². The molecule has 0 bridgehead atoms. The highest BCUT2D eigenvalue weighted by atomic mass is 79.9. The van der Waals surface area contributed by atoms with Gasteiger partial charge in [-0.05, 0) is 54.4 Å². The van der Waals surface area contributed by atoms with Gasteiger partial charge < -0.3 is 16.2 Å². The summed E-state index contributed by atoms with van der Waals surface area (Å²) in [5, 5.41) is 11.8. The maximum atomic E-state index is 11.9. The van der Waals surface area contributed by atoms with Crippen molar-refractivity contribution in [2.75, 3.05) is 12.3 Å². The van der Waals surface area contributed by atoms with Crippen LogP contribution in [0.25, 0.3) is 0 Å². The fraction of sp³-hybridized carbons (Fsp3) is 0.417. The Kier molecular flexibility index (Phi) is 4.54. The summed E-state index contributed by atoms with van der Waals surface area (Å²) in [5.74, 6) is -0.177. The molecule has 0 aliphatic carbocycles. The van der Waals surface area contributed by atoms with Crippen molar-refractivity contribution in [1.29, 1.82) is 0 Å².